The Morgan fingerprint density at radius 3 is 1.89 bits per heavy atom. The number of rotatable bonds is 1. The highest BCUT2D eigenvalue weighted by Gasteiger charge is 2.59. The van der Waals surface area contributed by atoms with Gasteiger partial charge in [-0.05, 0) is 40.5 Å². The van der Waals surface area contributed by atoms with Gasteiger partial charge in [-0.1, -0.05) is 13.8 Å². The first-order chi connectivity index (χ1) is 8.40. The first-order valence-corrected chi connectivity index (χ1v) is 7.22. The molecule has 1 unspecified atom stereocenters. The lowest BCUT2D eigenvalue weighted by molar-refractivity contribution is -0.164. The molecule has 2 saturated heterocycles. The summed E-state index contributed by atoms with van der Waals surface area (Å²) >= 11 is 0. The van der Waals surface area contributed by atoms with Crippen LogP contribution in [0.15, 0.2) is 0 Å². The van der Waals surface area contributed by atoms with Gasteiger partial charge in [-0.15, -0.1) is 0 Å². The fourth-order valence-corrected chi connectivity index (χ4v) is 3.84. The Hall–Kier alpha value is -0.610. The average molecular weight is 268 g/mol. The predicted octanol–water partition coefficient (Wildman–Crippen LogP) is 2.18. The van der Waals surface area contributed by atoms with Crippen LogP contribution in [-0.4, -0.2) is 28.3 Å². The molecule has 0 aromatic carbocycles. The van der Waals surface area contributed by atoms with E-state index in [2.05, 4.69) is 38.3 Å². The third-order valence-corrected chi connectivity index (χ3v) is 4.43. The standard InChI is InChI=1S/C15H28N2O2/c1-10(2)14(7)11(18)16-15(19-14)8-12(3,4)17-13(5,6)9-15/h10,17H,8-9H2,1-7H3,(H,16,18). The van der Waals surface area contributed by atoms with Crippen molar-refractivity contribution < 1.29 is 9.53 Å². The summed E-state index contributed by atoms with van der Waals surface area (Å²) in [5.41, 5.74) is -1.37. The van der Waals surface area contributed by atoms with E-state index in [4.69, 9.17) is 4.74 Å². The normalized spacial score (nSPS) is 35.7. The molecule has 0 bridgehead atoms. The van der Waals surface area contributed by atoms with E-state index in [1.807, 2.05) is 20.8 Å². The number of carbonyl (C=O) groups excluding carboxylic acids is 1. The second kappa shape index (κ2) is 3.95. The molecule has 0 aromatic heterocycles. The van der Waals surface area contributed by atoms with Crippen molar-refractivity contribution in [2.24, 2.45) is 5.92 Å². The molecule has 2 rings (SSSR count). The SMILES string of the molecule is CC(C)C1(C)OC2(CC(C)(C)NC(C)(C)C2)NC1=O. The lowest BCUT2D eigenvalue weighted by atomic mass is 9.77. The van der Waals surface area contributed by atoms with Crippen LogP contribution in [0.4, 0.5) is 0 Å². The molecule has 110 valence electrons. The predicted molar refractivity (Wildman–Crippen MR) is 75.7 cm³/mol. The van der Waals surface area contributed by atoms with Crippen molar-refractivity contribution in [3.63, 3.8) is 0 Å². The molecule has 0 radical (unpaired) electrons. The zero-order chi connectivity index (χ0) is 14.7. The van der Waals surface area contributed by atoms with Gasteiger partial charge in [0.15, 0.2) is 0 Å². The van der Waals surface area contributed by atoms with Gasteiger partial charge in [0.1, 0.15) is 11.3 Å². The first-order valence-electron chi connectivity index (χ1n) is 7.22. The van der Waals surface area contributed by atoms with Crippen LogP contribution < -0.4 is 10.6 Å². The Kier molecular flexibility index (Phi) is 3.08. The average Bonchev–Trinajstić information content (AvgIpc) is 2.32. The summed E-state index contributed by atoms with van der Waals surface area (Å²) in [4.78, 5) is 12.4. The van der Waals surface area contributed by atoms with Gasteiger partial charge in [-0.3, -0.25) is 4.79 Å². The molecule has 2 aliphatic rings. The van der Waals surface area contributed by atoms with Gasteiger partial charge in [0, 0.05) is 23.9 Å². The van der Waals surface area contributed by atoms with Crippen molar-refractivity contribution in [2.75, 3.05) is 0 Å². The largest absolute Gasteiger partial charge is 0.339 e. The Labute approximate surface area is 116 Å². The Balaban J connectivity index is 2.33. The van der Waals surface area contributed by atoms with Gasteiger partial charge in [0.25, 0.3) is 5.91 Å². The number of piperidine rings is 1. The van der Waals surface area contributed by atoms with Crippen LogP contribution in [-0.2, 0) is 9.53 Å². The number of amides is 1. The Bertz CT molecular complexity index is 385. The summed E-state index contributed by atoms with van der Waals surface area (Å²) in [6.07, 6.45) is 1.58. The van der Waals surface area contributed by atoms with E-state index >= 15 is 0 Å². The molecular formula is C15H28N2O2. The van der Waals surface area contributed by atoms with Crippen molar-refractivity contribution in [1.29, 1.82) is 0 Å². The summed E-state index contributed by atoms with van der Waals surface area (Å²) in [7, 11) is 0. The van der Waals surface area contributed by atoms with E-state index < -0.39 is 11.3 Å². The van der Waals surface area contributed by atoms with Crippen molar-refractivity contribution in [1.82, 2.24) is 10.6 Å². The first kappa shape index (κ1) is 14.8. The van der Waals surface area contributed by atoms with Crippen LogP contribution in [0.2, 0.25) is 0 Å². The highest BCUT2D eigenvalue weighted by molar-refractivity contribution is 5.87. The van der Waals surface area contributed by atoms with Crippen LogP contribution in [0.5, 0.6) is 0 Å². The summed E-state index contributed by atoms with van der Waals surface area (Å²) in [6, 6.07) is 0. The van der Waals surface area contributed by atoms with Gasteiger partial charge in [-0.2, -0.15) is 0 Å². The summed E-state index contributed by atoms with van der Waals surface area (Å²) < 4.78 is 6.32. The highest BCUT2D eigenvalue weighted by Crippen LogP contribution is 2.44. The monoisotopic (exact) mass is 268 g/mol. The van der Waals surface area contributed by atoms with E-state index in [9.17, 15) is 4.79 Å². The zero-order valence-electron chi connectivity index (χ0n) is 13.3. The Morgan fingerprint density at radius 1 is 1.05 bits per heavy atom. The molecule has 2 aliphatic heterocycles. The smallest absolute Gasteiger partial charge is 0.254 e. The van der Waals surface area contributed by atoms with Crippen molar-refractivity contribution >= 4 is 5.91 Å². The highest BCUT2D eigenvalue weighted by atomic mass is 16.6. The van der Waals surface area contributed by atoms with E-state index in [0.717, 1.165) is 12.8 Å². The van der Waals surface area contributed by atoms with Crippen molar-refractivity contribution in [2.45, 2.75) is 83.7 Å². The van der Waals surface area contributed by atoms with Gasteiger partial charge >= 0.3 is 0 Å². The van der Waals surface area contributed by atoms with Gasteiger partial charge in [-0.25, -0.2) is 0 Å². The molecule has 2 N–H and O–H groups in total. The maximum atomic E-state index is 12.4. The molecule has 1 atom stereocenters. The minimum Gasteiger partial charge on any atom is -0.339 e. The molecule has 1 spiro atoms. The molecule has 0 aromatic rings. The van der Waals surface area contributed by atoms with Crippen molar-refractivity contribution in [3.8, 4) is 0 Å². The van der Waals surface area contributed by atoms with E-state index in [0.29, 0.717) is 0 Å². The number of ether oxygens (including phenoxy) is 1. The van der Waals surface area contributed by atoms with E-state index in [1.54, 1.807) is 0 Å². The van der Waals surface area contributed by atoms with E-state index in [1.165, 1.54) is 0 Å². The van der Waals surface area contributed by atoms with Crippen LogP contribution in [0.3, 0.4) is 0 Å². The number of hydrogen-bond acceptors (Lipinski definition) is 3. The number of nitrogens with one attached hydrogen (secondary N) is 2. The van der Waals surface area contributed by atoms with Crippen LogP contribution in [0.25, 0.3) is 0 Å². The van der Waals surface area contributed by atoms with E-state index in [-0.39, 0.29) is 22.9 Å². The Morgan fingerprint density at radius 2 is 1.53 bits per heavy atom. The van der Waals surface area contributed by atoms with Crippen molar-refractivity contribution in [3.05, 3.63) is 0 Å². The molecule has 4 nitrogen and oxygen atoms in total. The van der Waals surface area contributed by atoms with Crippen LogP contribution in [0.1, 0.15) is 61.3 Å². The molecule has 2 heterocycles. The van der Waals surface area contributed by atoms with Crippen LogP contribution in [0, 0.1) is 5.92 Å². The molecule has 19 heavy (non-hydrogen) atoms. The fourth-order valence-electron chi connectivity index (χ4n) is 3.84. The third-order valence-electron chi connectivity index (χ3n) is 4.43. The molecular weight excluding hydrogens is 240 g/mol. The topological polar surface area (TPSA) is 50.4 Å². The summed E-state index contributed by atoms with van der Waals surface area (Å²) in [5, 5.41) is 6.77. The minimum atomic E-state index is -0.719. The molecule has 1 amide bonds. The molecule has 0 saturated carbocycles. The quantitative estimate of drug-likeness (QED) is 0.766. The van der Waals surface area contributed by atoms with Gasteiger partial charge in [0.2, 0.25) is 0 Å². The third kappa shape index (κ3) is 2.52. The van der Waals surface area contributed by atoms with Gasteiger partial charge in [0.05, 0.1) is 0 Å². The molecule has 0 aliphatic carbocycles. The summed E-state index contributed by atoms with van der Waals surface area (Å²) in [5.74, 6) is 0.184. The summed E-state index contributed by atoms with van der Waals surface area (Å²) in [6.45, 7) is 14.6. The second-order valence-electron chi connectivity index (χ2n) is 8.06. The maximum absolute atomic E-state index is 12.4. The number of hydrogen-bond donors (Lipinski definition) is 2. The lowest BCUT2D eigenvalue weighted by Crippen LogP contribution is -2.66. The molecule has 2 fully saturated rings. The fraction of sp³-hybridized carbons (Fsp3) is 0.933. The molecule has 4 heteroatoms. The minimum absolute atomic E-state index is 0.0241. The second-order valence-corrected chi connectivity index (χ2v) is 8.06. The number of carbonyl (C=O) groups is 1. The zero-order valence-corrected chi connectivity index (χ0v) is 13.3. The van der Waals surface area contributed by atoms with Crippen LogP contribution >= 0.6 is 0 Å². The maximum Gasteiger partial charge on any atom is 0.254 e. The lowest BCUT2D eigenvalue weighted by Gasteiger charge is -2.51. The van der Waals surface area contributed by atoms with Gasteiger partial charge < -0.3 is 15.4 Å².